The second-order valence-corrected chi connectivity index (χ2v) is 8.35. The molecule has 1 aromatic carbocycles. The number of rotatable bonds is 6. The molecule has 2 N–H and O–H groups in total. The van der Waals surface area contributed by atoms with E-state index in [-0.39, 0.29) is 18.0 Å². The Hall–Kier alpha value is -3.68. The van der Waals surface area contributed by atoms with Gasteiger partial charge < -0.3 is 19.6 Å². The van der Waals surface area contributed by atoms with Gasteiger partial charge in [0.25, 0.3) is 5.91 Å². The average Bonchev–Trinajstić information content (AvgIpc) is 3.14. The normalized spacial score (nSPS) is 14.5. The molecule has 0 saturated heterocycles. The maximum atomic E-state index is 13.0. The summed E-state index contributed by atoms with van der Waals surface area (Å²) in [6.45, 7) is 6.15. The average molecular weight is 417 g/mol. The second kappa shape index (κ2) is 7.23. The highest BCUT2D eigenvalue weighted by molar-refractivity contribution is 6.10. The first kappa shape index (κ1) is 19.3. The van der Waals surface area contributed by atoms with Crippen LogP contribution < -0.4 is 10.6 Å². The molecule has 0 spiro atoms. The summed E-state index contributed by atoms with van der Waals surface area (Å²) in [6, 6.07) is 9.82. The maximum Gasteiger partial charge on any atom is 0.255 e. The third kappa shape index (κ3) is 3.76. The van der Waals surface area contributed by atoms with Crippen molar-refractivity contribution in [3.63, 3.8) is 0 Å². The minimum absolute atomic E-state index is 0.00724. The van der Waals surface area contributed by atoms with Crippen molar-refractivity contribution < 1.29 is 13.7 Å². The van der Waals surface area contributed by atoms with Gasteiger partial charge in [-0.15, -0.1) is 0 Å². The SMILES string of the molecule is Cc1ccc(-c2cc(CNC(=O)c3c(C)oc4ncnc(NC5(C)CC5)c34)no2)cc1. The molecule has 158 valence electrons. The highest BCUT2D eigenvalue weighted by atomic mass is 16.5. The molecule has 3 heterocycles. The minimum atomic E-state index is -0.269. The smallest absolute Gasteiger partial charge is 0.255 e. The van der Waals surface area contributed by atoms with E-state index in [4.69, 9.17) is 8.94 Å². The van der Waals surface area contributed by atoms with Gasteiger partial charge in [-0.25, -0.2) is 9.97 Å². The number of hydrogen-bond donors (Lipinski definition) is 2. The van der Waals surface area contributed by atoms with Crippen LogP contribution in [0.2, 0.25) is 0 Å². The molecule has 3 aromatic heterocycles. The predicted octanol–water partition coefficient (Wildman–Crippen LogP) is 4.39. The van der Waals surface area contributed by atoms with E-state index in [2.05, 4.69) is 32.7 Å². The van der Waals surface area contributed by atoms with Crippen LogP contribution in [0.3, 0.4) is 0 Å². The molecule has 4 aromatic rings. The van der Waals surface area contributed by atoms with Crippen LogP contribution in [0.15, 0.2) is 45.6 Å². The van der Waals surface area contributed by atoms with Crippen molar-refractivity contribution >= 4 is 22.8 Å². The van der Waals surface area contributed by atoms with Crippen LogP contribution in [0.5, 0.6) is 0 Å². The number of carbonyl (C=O) groups excluding carboxylic acids is 1. The molecule has 1 aliphatic rings. The fourth-order valence-electron chi connectivity index (χ4n) is 3.52. The molecule has 31 heavy (non-hydrogen) atoms. The molecular formula is C23H23N5O3. The Bertz CT molecular complexity index is 1270. The van der Waals surface area contributed by atoms with Crippen molar-refractivity contribution in [3.8, 4) is 11.3 Å². The fraction of sp³-hybridized carbons (Fsp3) is 0.304. The molecule has 5 rings (SSSR count). The monoisotopic (exact) mass is 417 g/mol. The van der Waals surface area contributed by atoms with Crippen molar-refractivity contribution in [2.45, 2.75) is 45.7 Å². The standard InChI is InChI=1S/C23H23N5O3/c1-13-4-6-15(7-5-13)17-10-16(28-31-17)11-24-21(29)18-14(2)30-22-19(18)20(25-12-26-22)27-23(3)8-9-23/h4-7,10,12H,8-9,11H2,1-3H3,(H,24,29)(H,25,26,27). The van der Waals surface area contributed by atoms with Crippen LogP contribution in [-0.2, 0) is 6.54 Å². The number of benzene rings is 1. The lowest BCUT2D eigenvalue weighted by Crippen LogP contribution is -2.24. The van der Waals surface area contributed by atoms with Crippen LogP contribution in [0, 0.1) is 13.8 Å². The number of aryl methyl sites for hydroxylation is 2. The summed E-state index contributed by atoms with van der Waals surface area (Å²) in [7, 11) is 0. The largest absolute Gasteiger partial charge is 0.442 e. The first-order chi connectivity index (χ1) is 14.9. The second-order valence-electron chi connectivity index (χ2n) is 8.35. The van der Waals surface area contributed by atoms with E-state index in [9.17, 15) is 4.79 Å². The molecule has 0 bridgehead atoms. The summed E-state index contributed by atoms with van der Waals surface area (Å²) in [5.74, 6) is 1.51. The van der Waals surface area contributed by atoms with E-state index in [1.165, 1.54) is 11.9 Å². The third-order valence-electron chi connectivity index (χ3n) is 5.64. The highest BCUT2D eigenvalue weighted by Gasteiger charge is 2.38. The van der Waals surface area contributed by atoms with Gasteiger partial charge >= 0.3 is 0 Å². The molecule has 1 aliphatic carbocycles. The van der Waals surface area contributed by atoms with Crippen LogP contribution in [0.4, 0.5) is 5.82 Å². The Morgan fingerprint density at radius 3 is 2.68 bits per heavy atom. The molecule has 0 atom stereocenters. The summed E-state index contributed by atoms with van der Waals surface area (Å²) < 4.78 is 11.2. The van der Waals surface area contributed by atoms with Crippen LogP contribution in [-0.4, -0.2) is 26.6 Å². The number of nitrogens with one attached hydrogen (secondary N) is 2. The number of aromatic nitrogens is 3. The Morgan fingerprint density at radius 2 is 1.94 bits per heavy atom. The van der Waals surface area contributed by atoms with Gasteiger partial charge in [0.2, 0.25) is 5.71 Å². The Morgan fingerprint density at radius 1 is 1.16 bits per heavy atom. The van der Waals surface area contributed by atoms with Gasteiger partial charge in [0.05, 0.1) is 17.5 Å². The molecule has 8 nitrogen and oxygen atoms in total. The number of amides is 1. The lowest BCUT2D eigenvalue weighted by atomic mass is 10.1. The number of nitrogens with zero attached hydrogens (tertiary/aromatic N) is 3. The van der Waals surface area contributed by atoms with Gasteiger partial charge in [-0.2, -0.15) is 0 Å². The van der Waals surface area contributed by atoms with Gasteiger partial charge in [-0.1, -0.05) is 35.0 Å². The number of fused-ring (bicyclic) bond motifs is 1. The van der Waals surface area contributed by atoms with E-state index in [1.807, 2.05) is 37.3 Å². The molecule has 0 aliphatic heterocycles. The predicted molar refractivity (Wildman–Crippen MR) is 116 cm³/mol. The van der Waals surface area contributed by atoms with Crippen molar-refractivity contribution in [1.29, 1.82) is 0 Å². The Labute approximate surface area is 179 Å². The summed E-state index contributed by atoms with van der Waals surface area (Å²) >= 11 is 0. The van der Waals surface area contributed by atoms with Crippen LogP contribution in [0.1, 0.15) is 47.1 Å². The highest BCUT2D eigenvalue weighted by Crippen LogP contribution is 2.40. The van der Waals surface area contributed by atoms with Crippen LogP contribution >= 0.6 is 0 Å². The van der Waals surface area contributed by atoms with Crippen LogP contribution in [0.25, 0.3) is 22.4 Å². The van der Waals surface area contributed by atoms with Gasteiger partial charge in [0.1, 0.15) is 23.6 Å². The lowest BCUT2D eigenvalue weighted by Gasteiger charge is -2.13. The fourth-order valence-corrected chi connectivity index (χ4v) is 3.52. The maximum absolute atomic E-state index is 13.0. The molecule has 1 saturated carbocycles. The minimum Gasteiger partial charge on any atom is -0.442 e. The molecule has 1 amide bonds. The van der Waals surface area contributed by atoms with E-state index >= 15 is 0 Å². The number of hydrogen-bond acceptors (Lipinski definition) is 7. The topological polar surface area (TPSA) is 106 Å². The lowest BCUT2D eigenvalue weighted by molar-refractivity contribution is 0.0950. The van der Waals surface area contributed by atoms with Crippen molar-refractivity contribution in [2.75, 3.05) is 5.32 Å². The van der Waals surface area contributed by atoms with Gasteiger partial charge in [0, 0.05) is 17.2 Å². The number of furan rings is 1. The van der Waals surface area contributed by atoms with Crippen molar-refractivity contribution in [2.24, 2.45) is 0 Å². The van der Waals surface area contributed by atoms with E-state index in [0.29, 0.717) is 39.7 Å². The van der Waals surface area contributed by atoms with Gasteiger partial charge in [-0.05, 0) is 33.6 Å². The first-order valence-electron chi connectivity index (χ1n) is 10.2. The zero-order chi connectivity index (χ0) is 21.6. The zero-order valence-corrected chi connectivity index (χ0v) is 17.7. The van der Waals surface area contributed by atoms with Crippen molar-refractivity contribution in [1.82, 2.24) is 20.4 Å². The molecular weight excluding hydrogens is 394 g/mol. The number of carbonyl (C=O) groups is 1. The quantitative estimate of drug-likeness (QED) is 0.479. The number of anilines is 1. The summed E-state index contributed by atoms with van der Waals surface area (Å²) in [5.41, 5.74) is 3.58. The van der Waals surface area contributed by atoms with Gasteiger partial charge in [-0.3, -0.25) is 4.79 Å². The summed E-state index contributed by atoms with van der Waals surface area (Å²) in [5, 5.41) is 11.0. The summed E-state index contributed by atoms with van der Waals surface area (Å²) in [6.07, 6.45) is 3.57. The van der Waals surface area contributed by atoms with E-state index in [0.717, 1.165) is 18.4 Å². The van der Waals surface area contributed by atoms with Crippen molar-refractivity contribution in [3.05, 3.63) is 59.2 Å². The third-order valence-corrected chi connectivity index (χ3v) is 5.64. The van der Waals surface area contributed by atoms with Gasteiger partial charge in [0.15, 0.2) is 5.76 Å². The zero-order valence-electron chi connectivity index (χ0n) is 17.7. The van der Waals surface area contributed by atoms with E-state index < -0.39 is 0 Å². The molecule has 8 heteroatoms. The first-order valence-corrected chi connectivity index (χ1v) is 10.2. The summed E-state index contributed by atoms with van der Waals surface area (Å²) in [4.78, 5) is 21.6. The van der Waals surface area contributed by atoms with E-state index in [1.54, 1.807) is 6.92 Å². The molecule has 1 fully saturated rings. The Balaban J connectivity index is 1.36. The molecule has 0 unspecified atom stereocenters. The Kier molecular flexibility index (Phi) is 4.50. The molecule has 0 radical (unpaired) electrons.